The van der Waals surface area contributed by atoms with Crippen molar-refractivity contribution in [3.63, 3.8) is 0 Å². The van der Waals surface area contributed by atoms with Crippen molar-refractivity contribution < 1.29 is 4.79 Å². The van der Waals surface area contributed by atoms with E-state index >= 15 is 0 Å². The normalized spacial score (nSPS) is 14.9. The summed E-state index contributed by atoms with van der Waals surface area (Å²) >= 11 is 1.51. The molecule has 1 aromatic carbocycles. The Morgan fingerprint density at radius 2 is 1.95 bits per heavy atom. The van der Waals surface area contributed by atoms with E-state index < -0.39 is 0 Å². The molecule has 0 radical (unpaired) electrons. The summed E-state index contributed by atoms with van der Waals surface area (Å²) in [6.07, 6.45) is 4.42. The van der Waals surface area contributed by atoms with E-state index in [1.54, 1.807) is 12.4 Å². The van der Waals surface area contributed by atoms with Gasteiger partial charge in [0.15, 0.2) is 0 Å². The summed E-state index contributed by atoms with van der Waals surface area (Å²) in [5, 5.41) is 12.8. The second-order valence-electron chi connectivity index (χ2n) is 9.48. The molecule has 0 spiro atoms. The van der Waals surface area contributed by atoms with E-state index in [-0.39, 0.29) is 17.8 Å². The predicted molar refractivity (Wildman–Crippen MR) is 146 cm³/mol. The molecule has 1 aliphatic rings. The van der Waals surface area contributed by atoms with Gasteiger partial charge in [0, 0.05) is 31.2 Å². The first-order chi connectivity index (χ1) is 18.0. The van der Waals surface area contributed by atoms with Crippen molar-refractivity contribution in [2.75, 3.05) is 38.1 Å². The van der Waals surface area contributed by atoms with Crippen molar-refractivity contribution in [3.8, 4) is 0 Å². The monoisotopic (exact) mass is 512 g/mol. The summed E-state index contributed by atoms with van der Waals surface area (Å²) in [6.45, 7) is 6.01. The number of pyridine rings is 2. The molecule has 1 fully saturated rings. The number of amides is 1. The van der Waals surface area contributed by atoms with Gasteiger partial charge < -0.3 is 15.1 Å². The summed E-state index contributed by atoms with van der Waals surface area (Å²) < 4.78 is 3.08. The SMILES string of the molecule is Cc1cnc(CNC(=O)c2c(=N)c3ccc(N4CCCN(C)CC4)nc3n3c2sc2ccccc23)cn1. The van der Waals surface area contributed by atoms with Crippen LogP contribution in [0.1, 0.15) is 28.2 Å². The number of likely N-dealkylation sites (N-methyl/N-ethyl adjacent to an activating group) is 1. The zero-order valence-corrected chi connectivity index (χ0v) is 21.7. The van der Waals surface area contributed by atoms with Crippen LogP contribution in [0.5, 0.6) is 0 Å². The van der Waals surface area contributed by atoms with Crippen molar-refractivity contribution in [2.24, 2.45) is 0 Å². The Bertz CT molecular complexity index is 1690. The molecular formula is C27H28N8OS. The number of aryl methyl sites for hydroxylation is 1. The van der Waals surface area contributed by atoms with Crippen LogP contribution in [0.3, 0.4) is 0 Å². The van der Waals surface area contributed by atoms with Crippen LogP contribution in [0.2, 0.25) is 0 Å². The van der Waals surface area contributed by atoms with Crippen molar-refractivity contribution >= 4 is 49.1 Å². The average Bonchev–Trinajstić information content (AvgIpc) is 3.15. The molecule has 37 heavy (non-hydrogen) atoms. The van der Waals surface area contributed by atoms with Gasteiger partial charge in [-0.15, -0.1) is 11.3 Å². The first kappa shape index (κ1) is 23.5. The van der Waals surface area contributed by atoms with Crippen LogP contribution < -0.4 is 15.6 Å². The molecule has 10 heteroatoms. The molecule has 4 aromatic heterocycles. The molecule has 1 amide bonds. The third-order valence-electron chi connectivity index (χ3n) is 6.86. The van der Waals surface area contributed by atoms with Crippen molar-refractivity contribution in [1.29, 1.82) is 5.41 Å². The number of para-hydroxylation sites is 1. The molecule has 1 saturated heterocycles. The van der Waals surface area contributed by atoms with Gasteiger partial charge in [-0.05, 0) is 51.2 Å². The second-order valence-corrected chi connectivity index (χ2v) is 10.5. The molecule has 0 atom stereocenters. The molecule has 6 rings (SSSR count). The summed E-state index contributed by atoms with van der Waals surface area (Å²) in [5.74, 6) is 0.597. The molecule has 2 N–H and O–H groups in total. The molecule has 9 nitrogen and oxygen atoms in total. The molecule has 0 bridgehead atoms. The van der Waals surface area contributed by atoms with Gasteiger partial charge in [0.1, 0.15) is 16.3 Å². The highest BCUT2D eigenvalue weighted by Crippen LogP contribution is 2.31. The standard InChI is InChI=1S/C27H28N8OS/c1-17-14-30-18(15-29-17)16-31-26(36)23-24(28)19-8-9-22(34-11-5-10-33(2)12-13-34)32-25(19)35-20-6-3-4-7-21(20)37-27(23)35/h3-4,6-9,14-15,28H,5,10-13,16H2,1-2H3,(H,31,36). The van der Waals surface area contributed by atoms with Crippen molar-refractivity contribution in [1.82, 2.24) is 29.6 Å². The number of thiazole rings is 1. The number of hydrogen-bond donors (Lipinski definition) is 2. The van der Waals surface area contributed by atoms with Crippen LogP contribution in [0.4, 0.5) is 5.82 Å². The summed E-state index contributed by atoms with van der Waals surface area (Å²) in [7, 11) is 2.15. The van der Waals surface area contributed by atoms with E-state index in [1.165, 1.54) is 11.3 Å². The Morgan fingerprint density at radius 1 is 1.08 bits per heavy atom. The number of anilines is 1. The van der Waals surface area contributed by atoms with E-state index in [2.05, 4.69) is 32.1 Å². The van der Waals surface area contributed by atoms with Gasteiger partial charge in [0.25, 0.3) is 5.91 Å². The molecule has 5 aromatic rings. The van der Waals surface area contributed by atoms with Crippen LogP contribution in [0, 0.1) is 12.3 Å². The molecule has 188 valence electrons. The van der Waals surface area contributed by atoms with Gasteiger partial charge in [0.05, 0.1) is 45.3 Å². The fraction of sp³-hybridized carbons (Fsp3) is 0.296. The average molecular weight is 513 g/mol. The molecule has 1 aliphatic heterocycles. The first-order valence-corrected chi connectivity index (χ1v) is 13.2. The number of fused-ring (bicyclic) bond motifs is 5. The zero-order valence-electron chi connectivity index (χ0n) is 20.9. The quantitative estimate of drug-likeness (QED) is 0.383. The third kappa shape index (κ3) is 4.32. The lowest BCUT2D eigenvalue weighted by molar-refractivity contribution is 0.0950. The maximum atomic E-state index is 13.5. The first-order valence-electron chi connectivity index (χ1n) is 12.4. The highest BCUT2D eigenvalue weighted by molar-refractivity contribution is 7.24. The highest BCUT2D eigenvalue weighted by atomic mass is 32.1. The van der Waals surface area contributed by atoms with E-state index in [1.807, 2.05) is 47.7 Å². The molecule has 0 unspecified atom stereocenters. The van der Waals surface area contributed by atoms with E-state index in [4.69, 9.17) is 10.4 Å². The number of nitrogens with zero attached hydrogens (tertiary/aromatic N) is 6. The van der Waals surface area contributed by atoms with E-state index in [0.717, 1.165) is 54.3 Å². The predicted octanol–water partition coefficient (Wildman–Crippen LogP) is 3.35. The Kier molecular flexibility index (Phi) is 6.05. The highest BCUT2D eigenvalue weighted by Gasteiger charge is 2.22. The Hall–Kier alpha value is -3.89. The zero-order chi connectivity index (χ0) is 25.5. The Labute approximate surface area is 217 Å². The van der Waals surface area contributed by atoms with Crippen LogP contribution >= 0.6 is 11.3 Å². The fourth-order valence-electron chi connectivity index (χ4n) is 4.84. The summed E-state index contributed by atoms with van der Waals surface area (Å²) in [5.41, 5.74) is 3.51. The minimum Gasteiger partial charge on any atom is -0.355 e. The van der Waals surface area contributed by atoms with E-state index in [0.29, 0.717) is 27.1 Å². The fourth-order valence-corrected chi connectivity index (χ4v) is 6.03. The Balaban J connectivity index is 1.49. The number of benzene rings is 1. The van der Waals surface area contributed by atoms with Crippen LogP contribution in [-0.4, -0.2) is 63.4 Å². The van der Waals surface area contributed by atoms with Crippen molar-refractivity contribution in [2.45, 2.75) is 19.9 Å². The Morgan fingerprint density at radius 3 is 2.78 bits per heavy atom. The van der Waals surface area contributed by atoms with Crippen molar-refractivity contribution in [3.05, 3.63) is 71.1 Å². The summed E-state index contributed by atoms with van der Waals surface area (Å²) in [6, 6.07) is 12.0. The van der Waals surface area contributed by atoms with Crippen LogP contribution in [0.15, 0.2) is 48.8 Å². The van der Waals surface area contributed by atoms with Gasteiger partial charge in [0.2, 0.25) is 0 Å². The minimum atomic E-state index is -0.307. The topological polar surface area (TPSA) is 103 Å². The maximum absolute atomic E-state index is 13.5. The third-order valence-corrected chi connectivity index (χ3v) is 8.00. The number of aromatic nitrogens is 4. The largest absolute Gasteiger partial charge is 0.355 e. The summed E-state index contributed by atoms with van der Waals surface area (Å²) in [4.78, 5) is 32.6. The molecule has 0 saturated carbocycles. The lowest BCUT2D eigenvalue weighted by Crippen LogP contribution is -2.31. The number of rotatable bonds is 4. The second kappa shape index (κ2) is 9.53. The minimum absolute atomic E-state index is 0.184. The maximum Gasteiger partial charge on any atom is 0.256 e. The van der Waals surface area contributed by atoms with Gasteiger partial charge in [-0.25, -0.2) is 4.98 Å². The smallest absolute Gasteiger partial charge is 0.256 e. The molecular weight excluding hydrogens is 484 g/mol. The lowest BCUT2D eigenvalue weighted by atomic mass is 10.1. The van der Waals surface area contributed by atoms with Crippen LogP contribution in [-0.2, 0) is 6.54 Å². The van der Waals surface area contributed by atoms with E-state index in [9.17, 15) is 4.79 Å². The number of carbonyl (C=O) groups excluding carboxylic acids is 1. The van der Waals surface area contributed by atoms with Gasteiger partial charge >= 0.3 is 0 Å². The van der Waals surface area contributed by atoms with Crippen LogP contribution in [0.25, 0.3) is 26.1 Å². The number of carbonyl (C=O) groups is 1. The number of hydrogen-bond acceptors (Lipinski definition) is 8. The van der Waals surface area contributed by atoms with Gasteiger partial charge in [-0.2, -0.15) is 0 Å². The lowest BCUT2D eigenvalue weighted by Gasteiger charge is -2.22. The van der Waals surface area contributed by atoms with Gasteiger partial charge in [-0.1, -0.05) is 12.1 Å². The van der Waals surface area contributed by atoms with Gasteiger partial charge in [-0.3, -0.25) is 24.6 Å². The molecule has 5 heterocycles. The molecule has 0 aliphatic carbocycles. The number of nitrogens with one attached hydrogen (secondary N) is 2.